The minimum atomic E-state index is -1.15. The van der Waals surface area contributed by atoms with E-state index in [-0.39, 0.29) is 18.9 Å². The van der Waals surface area contributed by atoms with Crippen LogP contribution in [-0.2, 0) is 16.8 Å². The van der Waals surface area contributed by atoms with Gasteiger partial charge in [-0.2, -0.15) is 0 Å². The summed E-state index contributed by atoms with van der Waals surface area (Å²) in [5.41, 5.74) is 2.68. The number of hydrogen-bond donors (Lipinski definition) is 2. The van der Waals surface area contributed by atoms with Gasteiger partial charge in [-0.05, 0) is 41.3 Å². The Morgan fingerprint density at radius 3 is 2.32 bits per heavy atom. The highest BCUT2D eigenvalue weighted by molar-refractivity contribution is 5.78. The molecule has 4 nitrogen and oxygen atoms in total. The average Bonchev–Trinajstić information content (AvgIpc) is 2.73. The number of nitrogens with one attached hydrogen (secondary N) is 1. The number of benzene rings is 3. The van der Waals surface area contributed by atoms with Gasteiger partial charge in [0.25, 0.3) is 0 Å². The van der Waals surface area contributed by atoms with Crippen LogP contribution < -0.4 is 10.1 Å². The Kier molecular flexibility index (Phi) is 6.12. The molecule has 0 heterocycles. The molecular formula is C24H25NO3. The predicted octanol–water partition coefficient (Wildman–Crippen LogP) is 3.93. The van der Waals surface area contributed by atoms with Gasteiger partial charge < -0.3 is 15.2 Å². The van der Waals surface area contributed by atoms with Gasteiger partial charge >= 0.3 is 0 Å². The van der Waals surface area contributed by atoms with E-state index in [1.165, 1.54) is 0 Å². The van der Waals surface area contributed by atoms with E-state index in [4.69, 9.17) is 4.74 Å². The standard InChI is InChI=1S/C24H25NO3/c1-24(27,17-25-23(26)16-18-7-6-10-22(15-18)28-2)21-13-11-20(12-14-21)19-8-4-3-5-9-19/h3-15,27H,16-17H2,1-2H3,(H,25,26)/t24-/m0/s1. The lowest BCUT2D eigenvalue weighted by molar-refractivity contribution is -0.121. The van der Waals surface area contributed by atoms with Gasteiger partial charge in [0.15, 0.2) is 0 Å². The summed E-state index contributed by atoms with van der Waals surface area (Å²) in [5, 5.41) is 13.6. The Balaban J connectivity index is 1.60. The van der Waals surface area contributed by atoms with Crippen molar-refractivity contribution in [3.8, 4) is 16.9 Å². The van der Waals surface area contributed by atoms with Gasteiger partial charge in [-0.3, -0.25) is 4.79 Å². The minimum absolute atomic E-state index is 0.139. The SMILES string of the molecule is COc1cccc(CC(=O)NC[C@](C)(O)c2ccc(-c3ccccc3)cc2)c1. The lowest BCUT2D eigenvalue weighted by Crippen LogP contribution is -2.39. The maximum atomic E-state index is 12.3. The molecule has 0 aromatic heterocycles. The topological polar surface area (TPSA) is 58.6 Å². The zero-order valence-corrected chi connectivity index (χ0v) is 16.2. The third kappa shape index (κ3) is 4.99. The van der Waals surface area contributed by atoms with Crippen molar-refractivity contribution < 1.29 is 14.6 Å². The molecule has 1 amide bonds. The smallest absolute Gasteiger partial charge is 0.224 e. The third-order valence-electron chi connectivity index (χ3n) is 4.74. The second-order valence-electron chi connectivity index (χ2n) is 7.02. The van der Waals surface area contributed by atoms with Crippen LogP contribution in [0.4, 0.5) is 0 Å². The van der Waals surface area contributed by atoms with Crippen LogP contribution in [0.25, 0.3) is 11.1 Å². The molecule has 3 rings (SSSR count). The number of amides is 1. The molecule has 0 spiro atoms. The van der Waals surface area contributed by atoms with Gasteiger partial charge in [0.2, 0.25) is 5.91 Å². The van der Waals surface area contributed by atoms with Crippen LogP contribution in [0.15, 0.2) is 78.9 Å². The lowest BCUT2D eigenvalue weighted by Gasteiger charge is -2.24. The molecule has 0 fully saturated rings. The quantitative estimate of drug-likeness (QED) is 0.658. The maximum Gasteiger partial charge on any atom is 0.224 e. The first-order chi connectivity index (χ1) is 13.5. The van der Waals surface area contributed by atoms with E-state index in [9.17, 15) is 9.90 Å². The van der Waals surface area contributed by atoms with Crippen LogP contribution in [-0.4, -0.2) is 24.7 Å². The third-order valence-corrected chi connectivity index (χ3v) is 4.74. The molecule has 0 aliphatic carbocycles. The fourth-order valence-corrected chi connectivity index (χ4v) is 3.06. The number of aliphatic hydroxyl groups is 1. The number of carbonyl (C=O) groups excluding carboxylic acids is 1. The number of methoxy groups -OCH3 is 1. The van der Waals surface area contributed by atoms with Crippen LogP contribution in [0.3, 0.4) is 0 Å². The van der Waals surface area contributed by atoms with E-state index in [0.717, 1.165) is 28.0 Å². The van der Waals surface area contributed by atoms with Crippen LogP contribution in [0.5, 0.6) is 5.75 Å². The molecule has 0 bridgehead atoms. The maximum absolute atomic E-state index is 12.3. The molecular weight excluding hydrogens is 350 g/mol. The Morgan fingerprint density at radius 1 is 0.964 bits per heavy atom. The van der Waals surface area contributed by atoms with Crippen molar-refractivity contribution in [3.05, 3.63) is 90.0 Å². The normalized spacial score (nSPS) is 12.8. The number of carbonyl (C=O) groups is 1. The molecule has 144 valence electrons. The number of rotatable bonds is 7. The first kappa shape index (κ1) is 19.6. The second kappa shape index (κ2) is 8.72. The van der Waals surface area contributed by atoms with Crippen molar-refractivity contribution >= 4 is 5.91 Å². The Bertz CT molecular complexity index is 918. The highest BCUT2D eigenvalue weighted by Gasteiger charge is 2.23. The molecule has 3 aromatic rings. The van der Waals surface area contributed by atoms with Gasteiger partial charge in [0.05, 0.1) is 20.1 Å². The molecule has 0 saturated heterocycles. The van der Waals surface area contributed by atoms with Crippen molar-refractivity contribution in [2.75, 3.05) is 13.7 Å². The van der Waals surface area contributed by atoms with Crippen molar-refractivity contribution in [1.29, 1.82) is 0 Å². The number of hydrogen-bond acceptors (Lipinski definition) is 3. The molecule has 1 atom stereocenters. The van der Waals surface area contributed by atoms with Gasteiger partial charge in [0.1, 0.15) is 11.4 Å². The van der Waals surface area contributed by atoms with Crippen LogP contribution in [0.1, 0.15) is 18.1 Å². The van der Waals surface area contributed by atoms with Crippen LogP contribution in [0, 0.1) is 0 Å². The Morgan fingerprint density at radius 2 is 1.64 bits per heavy atom. The average molecular weight is 375 g/mol. The van der Waals surface area contributed by atoms with Crippen molar-refractivity contribution in [1.82, 2.24) is 5.32 Å². The zero-order chi connectivity index (χ0) is 20.0. The summed E-state index contributed by atoms with van der Waals surface area (Å²) in [4.78, 5) is 12.3. The van der Waals surface area contributed by atoms with Gasteiger partial charge in [0, 0.05) is 0 Å². The second-order valence-corrected chi connectivity index (χ2v) is 7.02. The summed E-state index contributed by atoms with van der Waals surface area (Å²) >= 11 is 0. The van der Waals surface area contributed by atoms with Crippen molar-refractivity contribution in [2.24, 2.45) is 0 Å². The molecule has 0 aliphatic rings. The monoisotopic (exact) mass is 375 g/mol. The van der Waals surface area contributed by atoms with E-state index >= 15 is 0 Å². The Labute approximate surface area is 165 Å². The molecule has 0 aliphatic heterocycles. The molecule has 0 radical (unpaired) electrons. The lowest BCUT2D eigenvalue weighted by atomic mass is 9.93. The predicted molar refractivity (Wildman–Crippen MR) is 111 cm³/mol. The minimum Gasteiger partial charge on any atom is -0.497 e. The summed E-state index contributed by atoms with van der Waals surface area (Å²) in [6, 6.07) is 25.2. The molecule has 2 N–H and O–H groups in total. The highest BCUT2D eigenvalue weighted by Crippen LogP contribution is 2.25. The highest BCUT2D eigenvalue weighted by atomic mass is 16.5. The van der Waals surface area contributed by atoms with E-state index in [0.29, 0.717) is 0 Å². The summed E-state index contributed by atoms with van der Waals surface area (Å²) in [6.45, 7) is 1.84. The van der Waals surface area contributed by atoms with Crippen LogP contribution >= 0.6 is 0 Å². The fourth-order valence-electron chi connectivity index (χ4n) is 3.06. The summed E-state index contributed by atoms with van der Waals surface area (Å²) in [5.74, 6) is 0.574. The van der Waals surface area contributed by atoms with E-state index in [2.05, 4.69) is 5.32 Å². The zero-order valence-electron chi connectivity index (χ0n) is 16.2. The summed E-state index contributed by atoms with van der Waals surface area (Å²) < 4.78 is 5.18. The molecule has 0 saturated carbocycles. The van der Waals surface area contributed by atoms with E-state index in [1.807, 2.05) is 78.9 Å². The molecule has 28 heavy (non-hydrogen) atoms. The van der Waals surface area contributed by atoms with Crippen molar-refractivity contribution in [3.63, 3.8) is 0 Å². The molecule has 4 heteroatoms. The van der Waals surface area contributed by atoms with Gasteiger partial charge in [-0.15, -0.1) is 0 Å². The van der Waals surface area contributed by atoms with E-state index in [1.54, 1.807) is 14.0 Å². The first-order valence-electron chi connectivity index (χ1n) is 9.26. The Hall–Kier alpha value is -3.11. The largest absolute Gasteiger partial charge is 0.497 e. The van der Waals surface area contributed by atoms with Gasteiger partial charge in [-0.25, -0.2) is 0 Å². The molecule has 0 unspecified atom stereocenters. The summed E-state index contributed by atoms with van der Waals surface area (Å²) in [7, 11) is 1.60. The molecule has 3 aromatic carbocycles. The van der Waals surface area contributed by atoms with Crippen molar-refractivity contribution in [2.45, 2.75) is 18.9 Å². The fraction of sp³-hybridized carbons (Fsp3) is 0.208. The first-order valence-corrected chi connectivity index (χ1v) is 9.26. The van der Waals surface area contributed by atoms with Crippen LogP contribution in [0.2, 0.25) is 0 Å². The number of ether oxygens (including phenoxy) is 1. The van der Waals surface area contributed by atoms with Gasteiger partial charge in [-0.1, -0.05) is 66.7 Å². The summed E-state index contributed by atoms with van der Waals surface area (Å²) in [6.07, 6.45) is 0.236. The van der Waals surface area contributed by atoms with E-state index < -0.39 is 5.60 Å².